The van der Waals surface area contributed by atoms with Crippen molar-refractivity contribution in [2.75, 3.05) is 0 Å². The Kier molecular flexibility index (Phi) is 5.62. The number of aryl methyl sites for hydroxylation is 1. The predicted octanol–water partition coefficient (Wildman–Crippen LogP) is 4.55. The molecule has 0 fully saturated rings. The molecular formula is C19H14ClF2NO4S. The molecule has 0 radical (unpaired) electrons. The second kappa shape index (κ2) is 7.81. The average Bonchev–Trinajstić information content (AvgIpc) is 2.66. The van der Waals surface area contributed by atoms with Gasteiger partial charge < -0.3 is 4.74 Å². The lowest BCUT2D eigenvalue weighted by Crippen LogP contribution is -2.12. The zero-order valence-corrected chi connectivity index (χ0v) is 16.1. The number of carbonyl (C=O) groups is 1. The number of rotatable bonds is 5. The molecule has 1 aromatic heterocycles. The molecule has 3 aromatic rings. The van der Waals surface area contributed by atoms with Crippen LogP contribution >= 0.6 is 11.6 Å². The number of halogens is 3. The number of sulfone groups is 1. The summed E-state index contributed by atoms with van der Waals surface area (Å²) in [5.41, 5.74) is 2.28. The van der Waals surface area contributed by atoms with Crippen LogP contribution in [0.15, 0.2) is 53.4 Å². The maximum absolute atomic E-state index is 12.5. The van der Waals surface area contributed by atoms with Crippen LogP contribution in [-0.4, -0.2) is 25.1 Å². The van der Waals surface area contributed by atoms with Gasteiger partial charge in [-0.3, -0.25) is 0 Å². The molecule has 0 bridgehead atoms. The van der Waals surface area contributed by atoms with Crippen molar-refractivity contribution in [3.8, 4) is 0 Å². The van der Waals surface area contributed by atoms with Gasteiger partial charge in [-0.2, -0.15) is 8.78 Å². The molecule has 0 aliphatic rings. The molecule has 0 saturated carbocycles. The van der Waals surface area contributed by atoms with E-state index < -0.39 is 26.5 Å². The van der Waals surface area contributed by atoms with Crippen LogP contribution in [0.5, 0.6) is 0 Å². The minimum absolute atomic E-state index is 0.0220. The molecule has 0 atom stereocenters. The van der Waals surface area contributed by atoms with Gasteiger partial charge in [0.25, 0.3) is 0 Å². The fourth-order valence-corrected chi connectivity index (χ4v) is 3.43. The van der Waals surface area contributed by atoms with E-state index >= 15 is 0 Å². The fraction of sp³-hybridized carbons (Fsp3) is 0.158. The van der Waals surface area contributed by atoms with Gasteiger partial charge in [0.05, 0.1) is 16.0 Å². The van der Waals surface area contributed by atoms with Crippen molar-refractivity contribution in [3.05, 3.63) is 70.4 Å². The lowest BCUT2D eigenvalue weighted by Gasteiger charge is -2.09. The van der Waals surface area contributed by atoms with E-state index in [1.54, 1.807) is 6.07 Å². The van der Waals surface area contributed by atoms with Gasteiger partial charge in [-0.15, -0.1) is 0 Å². The average molecular weight is 426 g/mol. The van der Waals surface area contributed by atoms with Crippen LogP contribution < -0.4 is 0 Å². The zero-order chi connectivity index (χ0) is 20.5. The molecule has 146 valence electrons. The molecule has 0 unspecified atom stereocenters. The first kappa shape index (κ1) is 20.2. The quantitative estimate of drug-likeness (QED) is 0.443. The number of nitrogens with zero attached hydrogens (tertiary/aromatic N) is 1. The Balaban J connectivity index is 1.74. The lowest BCUT2D eigenvalue weighted by atomic mass is 10.1. The van der Waals surface area contributed by atoms with Crippen molar-refractivity contribution in [3.63, 3.8) is 0 Å². The first-order chi connectivity index (χ1) is 13.2. The van der Waals surface area contributed by atoms with E-state index in [2.05, 4.69) is 4.98 Å². The van der Waals surface area contributed by atoms with Gasteiger partial charge in [0, 0.05) is 10.9 Å². The molecule has 3 rings (SSSR count). The van der Waals surface area contributed by atoms with Crippen LogP contribution in [0.25, 0.3) is 10.9 Å². The topological polar surface area (TPSA) is 73.3 Å². The summed E-state index contributed by atoms with van der Waals surface area (Å²) >= 11 is 6.15. The third-order valence-corrected chi connectivity index (χ3v) is 5.74. The van der Waals surface area contributed by atoms with E-state index in [1.807, 2.05) is 25.1 Å². The highest BCUT2D eigenvalue weighted by molar-refractivity contribution is 7.91. The van der Waals surface area contributed by atoms with Gasteiger partial charge in [-0.05, 0) is 48.9 Å². The number of alkyl halides is 2. The van der Waals surface area contributed by atoms with E-state index in [9.17, 15) is 22.0 Å². The molecule has 0 aliphatic heterocycles. The summed E-state index contributed by atoms with van der Waals surface area (Å²) in [5.74, 6) is -4.28. The standard InChI is InChI=1S/C19H14ClF2NO4S/c1-11-2-3-13-9-14(17(20)23-16(13)8-11)10-27-18(24)12-4-6-15(7-5-12)28(25,26)19(21)22/h2-9,19H,10H2,1H3. The molecule has 0 N–H and O–H groups in total. The number of aromatic nitrogens is 1. The van der Waals surface area contributed by atoms with Crippen LogP contribution in [0, 0.1) is 6.92 Å². The number of hydrogen-bond donors (Lipinski definition) is 0. The summed E-state index contributed by atoms with van der Waals surface area (Å²) in [6, 6.07) is 11.5. The summed E-state index contributed by atoms with van der Waals surface area (Å²) < 4.78 is 53.1. The number of hydrogen-bond acceptors (Lipinski definition) is 5. The summed E-state index contributed by atoms with van der Waals surface area (Å²) in [4.78, 5) is 15.9. The Bertz CT molecular complexity index is 1150. The van der Waals surface area contributed by atoms with Gasteiger partial charge in [0.1, 0.15) is 11.8 Å². The SMILES string of the molecule is Cc1ccc2cc(COC(=O)c3ccc(S(=O)(=O)C(F)F)cc3)c(Cl)nc2c1. The van der Waals surface area contributed by atoms with E-state index in [4.69, 9.17) is 16.3 Å². The molecule has 5 nitrogen and oxygen atoms in total. The molecule has 0 saturated heterocycles. The van der Waals surface area contributed by atoms with E-state index in [0.29, 0.717) is 5.56 Å². The maximum Gasteiger partial charge on any atom is 0.341 e. The summed E-state index contributed by atoms with van der Waals surface area (Å²) in [7, 11) is -4.72. The Morgan fingerprint density at radius 1 is 1.14 bits per heavy atom. The van der Waals surface area contributed by atoms with Crippen LogP contribution in [0.4, 0.5) is 8.78 Å². The van der Waals surface area contributed by atoms with Crippen LogP contribution in [0.1, 0.15) is 21.5 Å². The normalized spacial score (nSPS) is 11.8. The number of benzene rings is 2. The van der Waals surface area contributed by atoms with Gasteiger partial charge in [0.15, 0.2) is 0 Å². The molecule has 0 spiro atoms. The Labute approximate surface area is 164 Å². The molecule has 0 amide bonds. The molecule has 2 aromatic carbocycles. The highest BCUT2D eigenvalue weighted by atomic mass is 35.5. The van der Waals surface area contributed by atoms with Gasteiger partial charge in [-0.25, -0.2) is 18.2 Å². The summed E-state index contributed by atoms with van der Waals surface area (Å²) in [5, 5.41) is 1.03. The van der Waals surface area contributed by atoms with Crippen LogP contribution in [0.3, 0.4) is 0 Å². The smallest absolute Gasteiger partial charge is 0.341 e. The summed E-state index contributed by atoms with van der Waals surface area (Å²) in [6.45, 7) is 1.79. The van der Waals surface area contributed by atoms with Crippen molar-refractivity contribution >= 4 is 38.3 Å². The van der Waals surface area contributed by atoms with Gasteiger partial charge in [0.2, 0.25) is 9.84 Å². The predicted molar refractivity (Wildman–Crippen MR) is 100 cm³/mol. The van der Waals surface area contributed by atoms with Crippen LogP contribution in [0.2, 0.25) is 5.15 Å². The van der Waals surface area contributed by atoms with E-state index in [0.717, 1.165) is 40.7 Å². The molecule has 9 heteroatoms. The first-order valence-electron chi connectivity index (χ1n) is 8.03. The second-order valence-corrected chi connectivity index (χ2v) is 8.32. The second-order valence-electron chi connectivity index (χ2n) is 6.04. The number of esters is 1. The van der Waals surface area contributed by atoms with Gasteiger partial charge in [-0.1, -0.05) is 23.7 Å². The van der Waals surface area contributed by atoms with Crippen molar-refractivity contribution in [1.29, 1.82) is 0 Å². The number of ether oxygens (including phenoxy) is 1. The minimum Gasteiger partial charge on any atom is -0.457 e. The number of pyridine rings is 1. The third-order valence-electron chi connectivity index (χ3n) is 4.01. The molecular weight excluding hydrogens is 412 g/mol. The van der Waals surface area contributed by atoms with Crippen molar-refractivity contribution in [2.45, 2.75) is 24.2 Å². The lowest BCUT2D eigenvalue weighted by molar-refractivity contribution is 0.0472. The fourth-order valence-electron chi connectivity index (χ4n) is 2.51. The summed E-state index contributed by atoms with van der Waals surface area (Å²) in [6.07, 6.45) is 0. The Morgan fingerprint density at radius 3 is 2.46 bits per heavy atom. The van der Waals surface area contributed by atoms with Crippen molar-refractivity contribution in [2.24, 2.45) is 0 Å². The molecule has 0 aliphatic carbocycles. The maximum atomic E-state index is 12.5. The van der Waals surface area contributed by atoms with E-state index in [1.165, 1.54) is 0 Å². The Hall–Kier alpha value is -2.58. The van der Waals surface area contributed by atoms with Gasteiger partial charge >= 0.3 is 11.7 Å². The highest BCUT2D eigenvalue weighted by Crippen LogP contribution is 2.23. The van der Waals surface area contributed by atoms with Crippen molar-refractivity contribution in [1.82, 2.24) is 4.98 Å². The molecule has 28 heavy (non-hydrogen) atoms. The minimum atomic E-state index is -4.72. The monoisotopic (exact) mass is 425 g/mol. The highest BCUT2D eigenvalue weighted by Gasteiger charge is 2.26. The Morgan fingerprint density at radius 2 is 1.82 bits per heavy atom. The largest absolute Gasteiger partial charge is 0.457 e. The third kappa shape index (κ3) is 4.13. The number of carbonyl (C=O) groups excluding carboxylic acids is 1. The zero-order valence-electron chi connectivity index (χ0n) is 14.5. The molecule has 1 heterocycles. The van der Waals surface area contributed by atoms with Crippen LogP contribution in [-0.2, 0) is 21.2 Å². The van der Waals surface area contributed by atoms with Crippen molar-refractivity contribution < 1.29 is 26.7 Å². The first-order valence-corrected chi connectivity index (χ1v) is 9.96. The number of fused-ring (bicyclic) bond motifs is 1. The van der Waals surface area contributed by atoms with E-state index in [-0.39, 0.29) is 17.3 Å².